The van der Waals surface area contributed by atoms with E-state index in [2.05, 4.69) is 148 Å². The zero-order valence-corrected chi connectivity index (χ0v) is 22.1. The number of benzene rings is 6. The minimum absolute atomic E-state index is 0.0700. The molecule has 0 aromatic heterocycles. The monoisotopic (exact) mass is 486 g/mol. The van der Waals surface area contributed by atoms with Crippen molar-refractivity contribution in [2.45, 2.75) is 26.2 Å². The molecule has 0 spiro atoms. The Morgan fingerprint density at radius 3 is 1.79 bits per heavy atom. The van der Waals surface area contributed by atoms with Gasteiger partial charge in [-0.15, -0.1) is 0 Å². The van der Waals surface area contributed by atoms with Crippen molar-refractivity contribution in [3.05, 3.63) is 144 Å². The maximum Gasteiger partial charge on any atom is 0.0159 e. The van der Waals surface area contributed by atoms with Crippen LogP contribution in [0.15, 0.2) is 127 Å². The van der Waals surface area contributed by atoms with E-state index in [0.717, 1.165) is 0 Å². The number of hydrogen-bond acceptors (Lipinski definition) is 0. The third-order valence-corrected chi connectivity index (χ3v) is 8.34. The highest BCUT2D eigenvalue weighted by Crippen LogP contribution is 2.54. The van der Waals surface area contributed by atoms with Gasteiger partial charge >= 0.3 is 0 Å². The average Bonchev–Trinajstić information content (AvgIpc) is 3.19. The second-order valence-electron chi connectivity index (χ2n) is 11.1. The van der Waals surface area contributed by atoms with Crippen molar-refractivity contribution in [1.82, 2.24) is 0 Å². The molecule has 0 heteroatoms. The van der Waals surface area contributed by atoms with Crippen molar-refractivity contribution in [2.24, 2.45) is 0 Å². The summed E-state index contributed by atoms with van der Waals surface area (Å²) in [7, 11) is 0. The molecule has 0 bridgehead atoms. The molecule has 0 N–H and O–H groups in total. The Morgan fingerprint density at radius 2 is 1.05 bits per heavy atom. The standard InChI is InChI=1S/C38H30/c1-25-18-20-32-35(22-25)38(2,3)36-24-34(30-16-10-11-17-31(30)37(32)36)33-23-28(26-12-6-4-7-13-26)19-21-29(33)27-14-8-5-9-15-27/h4-24H,1-3H3. The minimum atomic E-state index is -0.0700. The van der Waals surface area contributed by atoms with E-state index in [4.69, 9.17) is 0 Å². The second kappa shape index (κ2) is 8.57. The Bertz CT molecular complexity index is 1820. The van der Waals surface area contributed by atoms with Gasteiger partial charge in [0.15, 0.2) is 0 Å². The van der Waals surface area contributed by atoms with Gasteiger partial charge in [0.25, 0.3) is 0 Å². The summed E-state index contributed by atoms with van der Waals surface area (Å²) in [6.45, 7) is 6.96. The Balaban J connectivity index is 1.57. The Labute approximate surface area is 225 Å². The van der Waals surface area contributed by atoms with E-state index in [1.165, 1.54) is 72.0 Å². The molecule has 1 aliphatic rings. The van der Waals surface area contributed by atoms with E-state index in [1.807, 2.05) is 0 Å². The number of fused-ring (bicyclic) bond motifs is 5. The number of aryl methyl sites for hydroxylation is 1. The van der Waals surface area contributed by atoms with E-state index < -0.39 is 0 Å². The fourth-order valence-electron chi connectivity index (χ4n) is 6.37. The van der Waals surface area contributed by atoms with Gasteiger partial charge in [-0.2, -0.15) is 0 Å². The highest BCUT2D eigenvalue weighted by molar-refractivity contribution is 6.10. The molecule has 0 amide bonds. The third-order valence-electron chi connectivity index (χ3n) is 8.34. The normalized spacial score (nSPS) is 13.3. The van der Waals surface area contributed by atoms with Crippen molar-refractivity contribution in [3.8, 4) is 44.5 Å². The predicted molar refractivity (Wildman–Crippen MR) is 163 cm³/mol. The van der Waals surface area contributed by atoms with Gasteiger partial charge in [-0.3, -0.25) is 0 Å². The van der Waals surface area contributed by atoms with Crippen LogP contribution in [0, 0.1) is 6.92 Å². The molecule has 0 radical (unpaired) electrons. The van der Waals surface area contributed by atoms with E-state index >= 15 is 0 Å². The molecule has 0 nitrogen and oxygen atoms in total. The molecule has 0 unspecified atom stereocenters. The summed E-state index contributed by atoms with van der Waals surface area (Å²) in [5.41, 5.74) is 14.4. The van der Waals surface area contributed by atoms with Crippen molar-refractivity contribution >= 4 is 10.8 Å². The van der Waals surface area contributed by atoms with Crippen molar-refractivity contribution < 1.29 is 0 Å². The van der Waals surface area contributed by atoms with Gasteiger partial charge in [0.2, 0.25) is 0 Å². The molecular weight excluding hydrogens is 456 g/mol. The van der Waals surface area contributed by atoms with Crippen LogP contribution >= 0.6 is 0 Å². The van der Waals surface area contributed by atoms with Gasteiger partial charge in [0, 0.05) is 5.41 Å². The fourth-order valence-corrected chi connectivity index (χ4v) is 6.37. The van der Waals surface area contributed by atoms with Crippen LogP contribution in [0.25, 0.3) is 55.3 Å². The SMILES string of the molecule is Cc1ccc2c(c1)C(C)(C)c1cc(-c3cc(-c4ccccc4)ccc3-c3ccccc3)c3ccccc3c1-2. The zero-order chi connectivity index (χ0) is 25.9. The predicted octanol–water partition coefficient (Wildman–Crippen LogP) is 10.5. The Hall–Kier alpha value is -4.42. The molecule has 6 aromatic carbocycles. The van der Waals surface area contributed by atoms with Crippen molar-refractivity contribution in [3.63, 3.8) is 0 Å². The largest absolute Gasteiger partial charge is 0.0622 e. The summed E-state index contributed by atoms with van der Waals surface area (Å²) in [6.07, 6.45) is 0. The summed E-state index contributed by atoms with van der Waals surface area (Å²) in [6, 6.07) is 46.9. The highest BCUT2D eigenvalue weighted by atomic mass is 14.4. The molecular formula is C38H30. The lowest BCUT2D eigenvalue weighted by Gasteiger charge is -2.24. The molecule has 182 valence electrons. The molecule has 0 fully saturated rings. The van der Waals surface area contributed by atoms with Gasteiger partial charge in [0.05, 0.1) is 0 Å². The topological polar surface area (TPSA) is 0 Å². The van der Waals surface area contributed by atoms with Crippen LogP contribution in [-0.4, -0.2) is 0 Å². The summed E-state index contributed by atoms with van der Waals surface area (Å²) < 4.78 is 0. The molecule has 0 atom stereocenters. The third kappa shape index (κ3) is 3.45. The lowest BCUT2D eigenvalue weighted by atomic mass is 9.79. The van der Waals surface area contributed by atoms with Gasteiger partial charge in [-0.1, -0.05) is 135 Å². The lowest BCUT2D eigenvalue weighted by molar-refractivity contribution is 0.660. The molecule has 0 heterocycles. The zero-order valence-electron chi connectivity index (χ0n) is 22.1. The van der Waals surface area contributed by atoms with E-state index in [1.54, 1.807) is 0 Å². The van der Waals surface area contributed by atoms with Crippen LogP contribution < -0.4 is 0 Å². The molecule has 38 heavy (non-hydrogen) atoms. The van der Waals surface area contributed by atoms with Gasteiger partial charge in [0.1, 0.15) is 0 Å². The molecule has 0 saturated carbocycles. The van der Waals surface area contributed by atoms with Gasteiger partial charge in [-0.05, 0) is 85.5 Å². The van der Waals surface area contributed by atoms with Crippen LogP contribution in [-0.2, 0) is 5.41 Å². The molecule has 7 rings (SSSR count). The molecule has 1 aliphatic carbocycles. The smallest absolute Gasteiger partial charge is 0.0159 e. The second-order valence-corrected chi connectivity index (χ2v) is 11.1. The van der Waals surface area contributed by atoms with Gasteiger partial charge in [-0.25, -0.2) is 0 Å². The minimum Gasteiger partial charge on any atom is -0.0622 e. The van der Waals surface area contributed by atoms with Gasteiger partial charge < -0.3 is 0 Å². The maximum absolute atomic E-state index is 2.49. The van der Waals surface area contributed by atoms with Crippen molar-refractivity contribution in [2.75, 3.05) is 0 Å². The number of hydrogen-bond donors (Lipinski definition) is 0. The Morgan fingerprint density at radius 1 is 0.421 bits per heavy atom. The summed E-state index contributed by atoms with van der Waals surface area (Å²) in [5, 5.41) is 2.64. The van der Waals surface area contributed by atoms with Crippen LogP contribution in [0.4, 0.5) is 0 Å². The molecule has 6 aromatic rings. The maximum atomic E-state index is 2.49. The average molecular weight is 487 g/mol. The first-order chi connectivity index (χ1) is 18.5. The first kappa shape index (κ1) is 22.8. The number of rotatable bonds is 3. The first-order valence-electron chi connectivity index (χ1n) is 13.5. The molecule has 0 aliphatic heterocycles. The van der Waals surface area contributed by atoms with Crippen LogP contribution in [0.5, 0.6) is 0 Å². The quantitative estimate of drug-likeness (QED) is 0.233. The molecule has 0 saturated heterocycles. The van der Waals surface area contributed by atoms with Crippen molar-refractivity contribution in [1.29, 1.82) is 0 Å². The lowest BCUT2D eigenvalue weighted by Crippen LogP contribution is -2.15. The van der Waals surface area contributed by atoms with E-state index in [-0.39, 0.29) is 5.41 Å². The highest BCUT2D eigenvalue weighted by Gasteiger charge is 2.37. The Kier molecular flexibility index (Phi) is 5.13. The summed E-state index contributed by atoms with van der Waals surface area (Å²) >= 11 is 0. The van der Waals surface area contributed by atoms with E-state index in [0.29, 0.717) is 0 Å². The van der Waals surface area contributed by atoms with E-state index in [9.17, 15) is 0 Å². The fraction of sp³-hybridized carbons (Fsp3) is 0.105. The summed E-state index contributed by atoms with van der Waals surface area (Å²) in [4.78, 5) is 0. The van der Waals surface area contributed by atoms with Crippen LogP contribution in [0.3, 0.4) is 0 Å². The van der Waals surface area contributed by atoms with Crippen LogP contribution in [0.2, 0.25) is 0 Å². The first-order valence-corrected chi connectivity index (χ1v) is 13.5. The summed E-state index contributed by atoms with van der Waals surface area (Å²) in [5.74, 6) is 0. The van der Waals surface area contributed by atoms with Crippen LogP contribution in [0.1, 0.15) is 30.5 Å².